The Morgan fingerprint density at radius 1 is 1.03 bits per heavy atom. The molecule has 0 saturated heterocycles. The van der Waals surface area contributed by atoms with Crippen molar-refractivity contribution in [3.8, 4) is 26.9 Å². The number of thiazole rings is 1. The van der Waals surface area contributed by atoms with E-state index in [4.69, 9.17) is 14.9 Å². The molecule has 0 atom stereocenters. The quantitative estimate of drug-likeness (QED) is 0.236. The van der Waals surface area contributed by atoms with Crippen LogP contribution in [0.3, 0.4) is 0 Å². The van der Waals surface area contributed by atoms with Gasteiger partial charge in [-0.1, -0.05) is 48.5 Å². The van der Waals surface area contributed by atoms with Crippen LogP contribution in [0.15, 0.2) is 89.8 Å². The standard InChI is InChI=1S/C27H21N3O3S2/c31-25(32)13-10-21-16-30(29-26(21)24-7-4-14-34-24)15-19-8-11-23(12-9-19)33-17-22-18-35-27(28-22)20-5-2-1-3-6-20/h1-14,16,18H,15,17H2,(H,31,32). The Kier molecular flexibility index (Phi) is 6.83. The van der Waals surface area contributed by atoms with E-state index in [1.54, 1.807) is 28.7 Å². The summed E-state index contributed by atoms with van der Waals surface area (Å²) in [6, 6.07) is 21.9. The van der Waals surface area contributed by atoms with Gasteiger partial charge in [-0.15, -0.1) is 22.7 Å². The summed E-state index contributed by atoms with van der Waals surface area (Å²) >= 11 is 3.18. The number of aromatic nitrogens is 3. The lowest BCUT2D eigenvalue weighted by Gasteiger charge is -2.06. The van der Waals surface area contributed by atoms with Crippen LogP contribution in [0.4, 0.5) is 0 Å². The Morgan fingerprint density at radius 3 is 2.60 bits per heavy atom. The molecule has 0 aliphatic heterocycles. The number of hydrogen-bond donors (Lipinski definition) is 1. The van der Waals surface area contributed by atoms with Crippen molar-refractivity contribution in [1.29, 1.82) is 0 Å². The Morgan fingerprint density at radius 2 is 1.86 bits per heavy atom. The molecular weight excluding hydrogens is 478 g/mol. The zero-order valence-corrected chi connectivity index (χ0v) is 20.2. The zero-order chi connectivity index (χ0) is 24.0. The summed E-state index contributed by atoms with van der Waals surface area (Å²) in [6.07, 6.45) is 4.58. The van der Waals surface area contributed by atoms with E-state index in [1.807, 2.05) is 76.2 Å². The molecule has 1 N–H and O–H groups in total. The van der Waals surface area contributed by atoms with Crippen molar-refractivity contribution in [3.05, 3.63) is 107 Å². The minimum absolute atomic E-state index is 0.408. The summed E-state index contributed by atoms with van der Waals surface area (Å²) in [5.74, 6) is -0.216. The number of benzene rings is 2. The van der Waals surface area contributed by atoms with Crippen LogP contribution >= 0.6 is 22.7 Å². The number of rotatable bonds is 9. The Labute approximate surface area is 210 Å². The van der Waals surface area contributed by atoms with E-state index >= 15 is 0 Å². The van der Waals surface area contributed by atoms with Crippen LogP contribution in [0, 0.1) is 0 Å². The first kappa shape index (κ1) is 22.8. The number of aliphatic carboxylic acids is 1. The third kappa shape index (κ3) is 5.74. The second-order valence-corrected chi connectivity index (χ2v) is 9.53. The van der Waals surface area contributed by atoms with Crippen molar-refractivity contribution in [2.24, 2.45) is 0 Å². The normalized spacial score (nSPS) is 11.2. The number of carbonyl (C=O) groups is 1. The smallest absolute Gasteiger partial charge is 0.328 e. The molecule has 0 amide bonds. The molecular formula is C27H21N3O3S2. The molecule has 3 heterocycles. The van der Waals surface area contributed by atoms with Gasteiger partial charge < -0.3 is 9.84 Å². The molecule has 5 rings (SSSR count). The maximum Gasteiger partial charge on any atom is 0.328 e. The van der Waals surface area contributed by atoms with Crippen LogP contribution in [-0.4, -0.2) is 25.8 Å². The maximum atomic E-state index is 11.0. The summed E-state index contributed by atoms with van der Waals surface area (Å²) in [5.41, 5.74) is 4.61. The van der Waals surface area contributed by atoms with Crippen molar-refractivity contribution < 1.29 is 14.6 Å². The van der Waals surface area contributed by atoms with Gasteiger partial charge in [0.1, 0.15) is 23.1 Å². The number of ether oxygens (including phenoxy) is 1. The third-order valence-electron chi connectivity index (χ3n) is 5.18. The molecule has 2 aromatic carbocycles. The summed E-state index contributed by atoms with van der Waals surface area (Å²) < 4.78 is 7.76. The summed E-state index contributed by atoms with van der Waals surface area (Å²) in [6.45, 7) is 0.970. The Balaban J connectivity index is 1.24. The topological polar surface area (TPSA) is 77.2 Å². The van der Waals surface area contributed by atoms with Gasteiger partial charge in [0.05, 0.1) is 17.1 Å². The van der Waals surface area contributed by atoms with E-state index in [-0.39, 0.29) is 0 Å². The highest BCUT2D eigenvalue weighted by atomic mass is 32.1. The number of carboxylic acid groups (broad SMARTS) is 1. The molecule has 0 unspecified atom stereocenters. The van der Waals surface area contributed by atoms with Gasteiger partial charge in [-0.05, 0) is 35.2 Å². The third-order valence-corrected chi connectivity index (χ3v) is 6.99. The second-order valence-electron chi connectivity index (χ2n) is 7.72. The van der Waals surface area contributed by atoms with E-state index in [9.17, 15) is 4.79 Å². The summed E-state index contributed by atoms with van der Waals surface area (Å²) in [7, 11) is 0. The van der Waals surface area contributed by atoms with Crippen molar-refractivity contribution >= 4 is 34.7 Å². The molecule has 174 valence electrons. The first-order valence-electron chi connectivity index (χ1n) is 10.9. The van der Waals surface area contributed by atoms with Gasteiger partial charge in [0.15, 0.2) is 0 Å². The first-order valence-corrected chi connectivity index (χ1v) is 12.6. The van der Waals surface area contributed by atoms with E-state index in [2.05, 4.69) is 17.1 Å². The largest absolute Gasteiger partial charge is 0.487 e. The lowest BCUT2D eigenvalue weighted by atomic mass is 10.2. The lowest BCUT2D eigenvalue weighted by molar-refractivity contribution is -0.131. The molecule has 0 saturated carbocycles. The van der Waals surface area contributed by atoms with Crippen LogP contribution in [0.1, 0.15) is 16.8 Å². The highest BCUT2D eigenvalue weighted by Gasteiger charge is 2.11. The predicted molar refractivity (Wildman–Crippen MR) is 140 cm³/mol. The SMILES string of the molecule is O=C(O)C=Cc1cn(Cc2ccc(OCc3csc(-c4ccccc4)n3)cc2)nc1-c1cccs1. The maximum absolute atomic E-state index is 11.0. The van der Waals surface area contributed by atoms with Gasteiger partial charge in [-0.3, -0.25) is 4.68 Å². The molecule has 0 radical (unpaired) electrons. The Hall–Kier alpha value is -4.01. The molecule has 0 aliphatic carbocycles. The zero-order valence-electron chi connectivity index (χ0n) is 18.6. The molecule has 0 spiro atoms. The predicted octanol–water partition coefficient (Wildman–Crippen LogP) is 6.46. The van der Waals surface area contributed by atoms with Crippen molar-refractivity contribution in [1.82, 2.24) is 14.8 Å². The molecule has 0 fully saturated rings. The minimum atomic E-state index is -0.987. The fraction of sp³-hybridized carbons (Fsp3) is 0.0741. The molecule has 6 nitrogen and oxygen atoms in total. The molecule has 8 heteroatoms. The highest BCUT2D eigenvalue weighted by Crippen LogP contribution is 2.28. The fourth-order valence-electron chi connectivity index (χ4n) is 3.53. The molecule has 35 heavy (non-hydrogen) atoms. The summed E-state index contributed by atoms with van der Waals surface area (Å²) in [5, 5.41) is 18.7. The first-order chi connectivity index (χ1) is 17.1. The lowest BCUT2D eigenvalue weighted by Crippen LogP contribution is -2.01. The van der Waals surface area contributed by atoms with Crippen molar-refractivity contribution in [2.45, 2.75) is 13.2 Å². The average Bonchev–Trinajstić information content (AvgIpc) is 3.64. The van der Waals surface area contributed by atoms with E-state index < -0.39 is 5.97 Å². The average molecular weight is 500 g/mol. The van der Waals surface area contributed by atoms with Crippen LogP contribution in [-0.2, 0) is 17.9 Å². The van der Waals surface area contributed by atoms with Gasteiger partial charge in [0.2, 0.25) is 0 Å². The van der Waals surface area contributed by atoms with Gasteiger partial charge in [0.25, 0.3) is 0 Å². The van der Waals surface area contributed by atoms with E-state index in [0.717, 1.165) is 49.8 Å². The van der Waals surface area contributed by atoms with Gasteiger partial charge in [0, 0.05) is 28.8 Å². The van der Waals surface area contributed by atoms with Gasteiger partial charge in [-0.2, -0.15) is 5.10 Å². The molecule has 5 aromatic rings. The number of thiophene rings is 1. The van der Waals surface area contributed by atoms with Crippen LogP contribution in [0.2, 0.25) is 0 Å². The van der Waals surface area contributed by atoms with Gasteiger partial charge >= 0.3 is 5.97 Å². The van der Waals surface area contributed by atoms with E-state index in [1.165, 1.54) is 0 Å². The van der Waals surface area contributed by atoms with Crippen LogP contribution in [0.5, 0.6) is 5.75 Å². The molecule has 3 aromatic heterocycles. The van der Waals surface area contributed by atoms with Gasteiger partial charge in [-0.25, -0.2) is 9.78 Å². The monoisotopic (exact) mass is 499 g/mol. The number of hydrogen-bond acceptors (Lipinski definition) is 6. The number of carboxylic acids is 1. The minimum Gasteiger partial charge on any atom is -0.487 e. The van der Waals surface area contributed by atoms with Crippen LogP contribution in [0.25, 0.3) is 27.2 Å². The highest BCUT2D eigenvalue weighted by molar-refractivity contribution is 7.13. The molecule has 0 bridgehead atoms. The number of nitrogens with zero attached hydrogens (tertiary/aromatic N) is 3. The molecule has 0 aliphatic rings. The summed E-state index contributed by atoms with van der Waals surface area (Å²) in [4.78, 5) is 16.6. The van der Waals surface area contributed by atoms with Crippen molar-refractivity contribution in [2.75, 3.05) is 0 Å². The Bertz CT molecular complexity index is 1440. The second kappa shape index (κ2) is 10.5. The van der Waals surface area contributed by atoms with Crippen LogP contribution < -0.4 is 4.74 Å². The van der Waals surface area contributed by atoms with Crippen molar-refractivity contribution in [3.63, 3.8) is 0 Å². The van der Waals surface area contributed by atoms with E-state index in [0.29, 0.717) is 13.2 Å². The fourth-order valence-corrected chi connectivity index (χ4v) is 5.07.